The molecule has 3 N–H and O–H groups in total. The Morgan fingerprint density at radius 2 is 2.38 bits per heavy atom. The lowest BCUT2D eigenvalue weighted by Gasteiger charge is -2.10. The molecule has 1 aliphatic heterocycles. The van der Waals surface area contributed by atoms with Gasteiger partial charge in [0.25, 0.3) is 0 Å². The first-order chi connectivity index (χ1) is 6.31. The quantitative estimate of drug-likeness (QED) is 0.724. The summed E-state index contributed by atoms with van der Waals surface area (Å²) >= 11 is 0. The summed E-state index contributed by atoms with van der Waals surface area (Å²) in [4.78, 5) is 0. The normalized spacial score (nSPS) is 16.5. The first-order valence-corrected chi connectivity index (χ1v) is 4.93. The Labute approximate surface area is 79.1 Å². The van der Waals surface area contributed by atoms with E-state index in [0.717, 1.165) is 19.4 Å². The zero-order valence-corrected chi connectivity index (χ0v) is 8.01. The Bertz CT molecular complexity index is 307. The molecule has 0 saturated heterocycles. The second-order valence-corrected chi connectivity index (χ2v) is 3.61. The van der Waals surface area contributed by atoms with Crippen molar-refractivity contribution in [2.24, 2.45) is 5.73 Å². The van der Waals surface area contributed by atoms with Crippen LogP contribution in [0.5, 0.6) is 0 Å². The summed E-state index contributed by atoms with van der Waals surface area (Å²) < 4.78 is 0. The molecule has 1 aliphatic rings. The number of benzene rings is 1. The Kier molecular flexibility index (Phi) is 2.23. The van der Waals surface area contributed by atoms with Gasteiger partial charge in [-0.3, -0.25) is 0 Å². The van der Waals surface area contributed by atoms with Gasteiger partial charge in [0.2, 0.25) is 0 Å². The van der Waals surface area contributed by atoms with Crippen LogP contribution in [0.15, 0.2) is 18.2 Å². The molecule has 0 amide bonds. The van der Waals surface area contributed by atoms with Crippen molar-refractivity contribution in [2.45, 2.75) is 25.8 Å². The Morgan fingerprint density at radius 1 is 1.54 bits per heavy atom. The van der Waals surface area contributed by atoms with E-state index in [1.165, 1.54) is 16.8 Å². The SMILES string of the molecule is CCC(N)c1ccc2c(c1)CCN2. The van der Waals surface area contributed by atoms with E-state index in [1.807, 2.05) is 0 Å². The van der Waals surface area contributed by atoms with Gasteiger partial charge in [0.05, 0.1) is 0 Å². The monoisotopic (exact) mass is 176 g/mol. The highest BCUT2D eigenvalue weighted by molar-refractivity contribution is 5.56. The van der Waals surface area contributed by atoms with Crippen LogP contribution in [0.2, 0.25) is 0 Å². The zero-order chi connectivity index (χ0) is 9.26. The first-order valence-electron chi connectivity index (χ1n) is 4.93. The molecule has 0 aromatic heterocycles. The summed E-state index contributed by atoms with van der Waals surface area (Å²) in [5.41, 5.74) is 9.94. The number of nitrogens with one attached hydrogen (secondary N) is 1. The maximum Gasteiger partial charge on any atom is 0.0373 e. The highest BCUT2D eigenvalue weighted by Gasteiger charge is 2.11. The summed E-state index contributed by atoms with van der Waals surface area (Å²) in [7, 11) is 0. The fraction of sp³-hybridized carbons (Fsp3) is 0.455. The van der Waals surface area contributed by atoms with Crippen LogP contribution in [0.25, 0.3) is 0 Å². The standard InChI is InChI=1S/C11H16N2/c1-2-10(12)8-3-4-11-9(7-8)5-6-13-11/h3-4,7,10,13H,2,5-6,12H2,1H3. The second-order valence-electron chi connectivity index (χ2n) is 3.61. The maximum absolute atomic E-state index is 5.97. The molecular weight excluding hydrogens is 160 g/mol. The molecule has 2 heteroatoms. The Morgan fingerprint density at radius 3 is 3.15 bits per heavy atom. The van der Waals surface area contributed by atoms with E-state index in [0.29, 0.717) is 0 Å². The molecule has 0 spiro atoms. The minimum Gasteiger partial charge on any atom is -0.384 e. The summed E-state index contributed by atoms with van der Waals surface area (Å²) in [5.74, 6) is 0. The fourth-order valence-electron chi connectivity index (χ4n) is 1.79. The molecule has 1 heterocycles. The van der Waals surface area contributed by atoms with E-state index in [-0.39, 0.29) is 6.04 Å². The average molecular weight is 176 g/mol. The van der Waals surface area contributed by atoms with Gasteiger partial charge in [-0.2, -0.15) is 0 Å². The number of fused-ring (bicyclic) bond motifs is 1. The van der Waals surface area contributed by atoms with Gasteiger partial charge in [0, 0.05) is 18.3 Å². The summed E-state index contributed by atoms with van der Waals surface area (Å²) in [6.45, 7) is 3.19. The van der Waals surface area contributed by atoms with E-state index >= 15 is 0 Å². The van der Waals surface area contributed by atoms with E-state index in [4.69, 9.17) is 5.73 Å². The molecular formula is C11H16N2. The van der Waals surface area contributed by atoms with Crippen LogP contribution in [0.3, 0.4) is 0 Å². The van der Waals surface area contributed by atoms with Crippen molar-refractivity contribution < 1.29 is 0 Å². The van der Waals surface area contributed by atoms with Crippen molar-refractivity contribution in [3.05, 3.63) is 29.3 Å². The van der Waals surface area contributed by atoms with E-state index in [1.54, 1.807) is 0 Å². The van der Waals surface area contributed by atoms with Crippen LogP contribution in [0, 0.1) is 0 Å². The maximum atomic E-state index is 5.97. The van der Waals surface area contributed by atoms with Gasteiger partial charge in [-0.15, -0.1) is 0 Å². The predicted octanol–water partition coefficient (Wildman–Crippen LogP) is 2.06. The lowest BCUT2D eigenvalue weighted by atomic mass is 10.0. The molecule has 70 valence electrons. The summed E-state index contributed by atoms with van der Waals surface area (Å²) in [6.07, 6.45) is 2.14. The van der Waals surface area contributed by atoms with Gasteiger partial charge in [0.15, 0.2) is 0 Å². The highest BCUT2D eigenvalue weighted by Crippen LogP contribution is 2.25. The highest BCUT2D eigenvalue weighted by atomic mass is 14.9. The number of rotatable bonds is 2. The van der Waals surface area contributed by atoms with Crippen molar-refractivity contribution in [3.8, 4) is 0 Å². The number of anilines is 1. The van der Waals surface area contributed by atoms with Gasteiger partial charge in [-0.25, -0.2) is 0 Å². The van der Waals surface area contributed by atoms with Crippen LogP contribution >= 0.6 is 0 Å². The first kappa shape index (κ1) is 8.57. The minimum absolute atomic E-state index is 0.200. The van der Waals surface area contributed by atoms with E-state index < -0.39 is 0 Å². The molecule has 1 unspecified atom stereocenters. The number of hydrogen-bond donors (Lipinski definition) is 2. The van der Waals surface area contributed by atoms with Crippen LogP contribution in [-0.4, -0.2) is 6.54 Å². The minimum atomic E-state index is 0.200. The molecule has 2 rings (SSSR count). The summed E-state index contributed by atoms with van der Waals surface area (Å²) in [5, 5.41) is 3.34. The predicted molar refractivity (Wildman–Crippen MR) is 55.9 cm³/mol. The van der Waals surface area contributed by atoms with Crippen molar-refractivity contribution in [1.29, 1.82) is 0 Å². The van der Waals surface area contributed by atoms with Gasteiger partial charge in [0.1, 0.15) is 0 Å². The van der Waals surface area contributed by atoms with Crippen LogP contribution in [0.4, 0.5) is 5.69 Å². The van der Waals surface area contributed by atoms with Crippen molar-refractivity contribution in [3.63, 3.8) is 0 Å². The van der Waals surface area contributed by atoms with Gasteiger partial charge >= 0.3 is 0 Å². The molecule has 0 saturated carbocycles. The lowest BCUT2D eigenvalue weighted by molar-refractivity contribution is 0.698. The van der Waals surface area contributed by atoms with Gasteiger partial charge < -0.3 is 11.1 Å². The zero-order valence-electron chi connectivity index (χ0n) is 8.01. The third-order valence-electron chi connectivity index (χ3n) is 2.71. The molecule has 0 radical (unpaired) electrons. The molecule has 1 aromatic rings. The third kappa shape index (κ3) is 1.54. The topological polar surface area (TPSA) is 38.0 Å². The van der Waals surface area contributed by atoms with Crippen LogP contribution < -0.4 is 11.1 Å². The smallest absolute Gasteiger partial charge is 0.0373 e. The van der Waals surface area contributed by atoms with Crippen LogP contribution in [-0.2, 0) is 6.42 Å². The Hall–Kier alpha value is -1.02. The largest absolute Gasteiger partial charge is 0.384 e. The molecule has 2 nitrogen and oxygen atoms in total. The van der Waals surface area contributed by atoms with Crippen molar-refractivity contribution in [2.75, 3.05) is 11.9 Å². The molecule has 0 bridgehead atoms. The molecule has 0 fully saturated rings. The number of hydrogen-bond acceptors (Lipinski definition) is 2. The van der Waals surface area contributed by atoms with E-state index in [2.05, 4.69) is 30.4 Å². The third-order valence-corrected chi connectivity index (χ3v) is 2.71. The molecule has 1 aromatic carbocycles. The molecule has 0 aliphatic carbocycles. The van der Waals surface area contributed by atoms with Crippen molar-refractivity contribution in [1.82, 2.24) is 0 Å². The second kappa shape index (κ2) is 3.38. The Balaban J connectivity index is 2.30. The van der Waals surface area contributed by atoms with Gasteiger partial charge in [-0.05, 0) is 30.0 Å². The lowest BCUT2D eigenvalue weighted by Crippen LogP contribution is -2.08. The molecule has 13 heavy (non-hydrogen) atoms. The van der Waals surface area contributed by atoms with Gasteiger partial charge in [-0.1, -0.05) is 19.1 Å². The average Bonchev–Trinajstić information content (AvgIpc) is 2.63. The summed E-state index contributed by atoms with van der Waals surface area (Å²) in [6, 6.07) is 6.72. The van der Waals surface area contributed by atoms with E-state index in [9.17, 15) is 0 Å². The fourth-order valence-corrected chi connectivity index (χ4v) is 1.79. The van der Waals surface area contributed by atoms with Crippen molar-refractivity contribution >= 4 is 5.69 Å². The number of nitrogens with two attached hydrogens (primary N) is 1. The molecule has 1 atom stereocenters. The van der Waals surface area contributed by atoms with Crippen LogP contribution in [0.1, 0.15) is 30.5 Å².